The first-order valence-electron chi connectivity index (χ1n) is 5.81. The average molecular weight is 262 g/mol. The lowest BCUT2D eigenvalue weighted by molar-refractivity contribution is -0.402. The van der Waals surface area contributed by atoms with Gasteiger partial charge in [0.05, 0.1) is 19.2 Å². The standard InChI is InChI=1S/C13H14N2O4/c16-9-11-3-1-10(2-4-11)7-14-8-12-5-6-13(19-12)15(17)18/h1-6,14,16H,7-9H2. The van der Waals surface area contributed by atoms with E-state index in [1.165, 1.54) is 6.07 Å². The monoisotopic (exact) mass is 262 g/mol. The molecule has 0 aliphatic carbocycles. The van der Waals surface area contributed by atoms with Gasteiger partial charge in [0.25, 0.3) is 0 Å². The van der Waals surface area contributed by atoms with Gasteiger partial charge < -0.3 is 14.8 Å². The molecule has 6 nitrogen and oxygen atoms in total. The lowest BCUT2D eigenvalue weighted by atomic mass is 10.1. The summed E-state index contributed by atoms with van der Waals surface area (Å²) in [6.45, 7) is 1.08. The third-order valence-corrected chi connectivity index (χ3v) is 2.66. The average Bonchev–Trinajstić information content (AvgIpc) is 2.89. The largest absolute Gasteiger partial charge is 0.433 e. The molecule has 1 aromatic heterocycles. The molecule has 100 valence electrons. The molecule has 0 aliphatic heterocycles. The predicted octanol–water partition coefficient (Wildman–Crippen LogP) is 1.97. The second kappa shape index (κ2) is 6.12. The van der Waals surface area contributed by atoms with Crippen molar-refractivity contribution in [3.63, 3.8) is 0 Å². The van der Waals surface area contributed by atoms with Crippen LogP contribution in [0.2, 0.25) is 0 Å². The summed E-state index contributed by atoms with van der Waals surface area (Å²) in [4.78, 5) is 9.88. The van der Waals surface area contributed by atoms with Gasteiger partial charge in [-0.2, -0.15) is 0 Å². The molecule has 0 bridgehead atoms. The Kier molecular flexibility index (Phi) is 4.27. The summed E-state index contributed by atoms with van der Waals surface area (Å²) in [5, 5.41) is 22.5. The number of furan rings is 1. The van der Waals surface area contributed by atoms with Gasteiger partial charge in [0.15, 0.2) is 0 Å². The third kappa shape index (κ3) is 3.64. The molecule has 0 unspecified atom stereocenters. The molecule has 2 rings (SSSR count). The molecule has 2 N–H and O–H groups in total. The van der Waals surface area contributed by atoms with E-state index in [4.69, 9.17) is 9.52 Å². The molecule has 6 heteroatoms. The number of aliphatic hydroxyl groups is 1. The first kappa shape index (κ1) is 13.3. The highest BCUT2D eigenvalue weighted by atomic mass is 16.6. The Labute approximate surface area is 109 Å². The molecule has 2 aromatic rings. The maximum atomic E-state index is 10.4. The molecule has 0 saturated heterocycles. The summed E-state index contributed by atoms with van der Waals surface area (Å²) in [5.41, 5.74) is 1.93. The van der Waals surface area contributed by atoms with Gasteiger partial charge in [-0.1, -0.05) is 24.3 Å². The van der Waals surface area contributed by atoms with Crippen molar-refractivity contribution < 1.29 is 14.4 Å². The second-order valence-electron chi connectivity index (χ2n) is 4.08. The lowest BCUT2D eigenvalue weighted by Crippen LogP contribution is -2.12. The molecule has 0 radical (unpaired) electrons. The van der Waals surface area contributed by atoms with Crippen LogP contribution in [-0.4, -0.2) is 10.0 Å². The van der Waals surface area contributed by atoms with Crippen LogP contribution in [-0.2, 0) is 19.7 Å². The van der Waals surface area contributed by atoms with Crippen molar-refractivity contribution in [3.05, 3.63) is 63.4 Å². The number of hydrogen-bond acceptors (Lipinski definition) is 5. The number of hydrogen-bond donors (Lipinski definition) is 2. The zero-order valence-electron chi connectivity index (χ0n) is 10.2. The van der Waals surface area contributed by atoms with Crippen molar-refractivity contribution in [2.75, 3.05) is 0 Å². The molecule has 0 fully saturated rings. The number of aliphatic hydroxyl groups excluding tert-OH is 1. The SMILES string of the molecule is O=[N+]([O-])c1ccc(CNCc2ccc(CO)cc2)o1. The van der Waals surface area contributed by atoms with E-state index in [9.17, 15) is 10.1 Å². The maximum absolute atomic E-state index is 10.4. The molecule has 19 heavy (non-hydrogen) atoms. The first-order chi connectivity index (χ1) is 9.19. The fourth-order valence-electron chi connectivity index (χ4n) is 1.65. The third-order valence-electron chi connectivity index (χ3n) is 2.66. The van der Waals surface area contributed by atoms with Gasteiger partial charge in [-0.05, 0) is 17.2 Å². The molecule has 0 atom stereocenters. The Bertz CT molecular complexity index is 548. The number of benzene rings is 1. The molecule has 0 spiro atoms. The maximum Gasteiger partial charge on any atom is 0.433 e. The van der Waals surface area contributed by atoms with Crippen LogP contribution in [0, 0.1) is 10.1 Å². The highest BCUT2D eigenvalue weighted by Crippen LogP contribution is 2.15. The Morgan fingerprint density at radius 2 is 1.79 bits per heavy atom. The zero-order chi connectivity index (χ0) is 13.7. The van der Waals surface area contributed by atoms with Gasteiger partial charge in [-0.25, -0.2) is 0 Å². The van der Waals surface area contributed by atoms with Crippen LogP contribution in [0.5, 0.6) is 0 Å². The summed E-state index contributed by atoms with van der Waals surface area (Å²) in [6, 6.07) is 10.5. The van der Waals surface area contributed by atoms with Crippen LogP contribution in [0.3, 0.4) is 0 Å². The van der Waals surface area contributed by atoms with Crippen LogP contribution >= 0.6 is 0 Å². The lowest BCUT2D eigenvalue weighted by Gasteiger charge is -2.03. The van der Waals surface area contributed by atoms with Crippen molar-refractivity contribution in [2.24, 2.45) is 0 Å². The minimum absolute atomic E-state index is 0.0315. The second-order valence-corrected chi connectivity index (χ2v) is 4.08. The molecular formula is C13H14N2O4. The van der Waals surface area contributed by atoms with Crippen LogP contribution in [0.4, 0.5) is 5.88 Å². The number of nitrogens with zero attached hydrogens (tertiary/aromatic N) is 1. The smallest absolute Gasteiger partial charge is 0.404 e. The van der Waals surface area contributed by atoms with Gasteiger partial charge in [-0.3, -0.25) is 10.1 Å². The van der Waals surface area contributed by atoms with Crippen LogP contribution in [0.1, 0.15) is 16.9 Å². The summed E-state index contributed by atoms with van der Waals surface area (Å²) < 4.78 is 5.02. The van der Waals surface area contributed by atoms with Crippen LogP contribution in [0.15, 0.2) is 40.8 Å². The van der Waals surface area contributed by atoms with Gasteiger partial charge >= 0.3 is 5.88 Å². The molecule has 0 aliphatic rings. The zero-order valence-corrected chi connectivity index (χ0v) is 10.2. The quantitative estimate of drug-likeness (QED) is 0.613. The molecule has 0 amide bonds. The van der Waals surface area contributed by atoms with E-state index < -0.39 is 4.92 Å². The molecule has 0 saturated carbocycles. The van der Waals surface area contributed by atoms with E-state index >= 15 is 0 Å². The topological polar surface area (TPSA) is 88.5 Å². The highest BCUT2D eigenvalue weighted by Gasteiger charge is 2.10. The van der Waals surface area contributed by atoms with Gasteiger partial charge in [0, 0.05) is 6.54 Å². The first-order valence-corrected chi connectivity index (χ1v) is 5.81. The summed E-state index contributed by atoms with van der Waals surface area (Å²) in [5.74, 6) is 0.280. The van der Waals surface area contributed by atoms with Crippen LogP contribution < -0.4 is 5.32 Å². The summed E-state index contributed by atoms with van der Waals surface area (Å²) >= 11 is 0. The van der Waals surface area contributed by atoms with Crippen molar-refractivity contribution in [2.45, 2.75) is 19.7 Å². The molecular weight excluding hydrogens is 248 g/mol. The van der Waals surface area contributed by atoms with E-state index in [1.54, 1.807) is 6.07 Å². The number of rotatable bonds is 6. The van der Waals surface area contributed by atoms with Gasteiger partial charge in [0.2, 0.25) is 0 Å². The minimum atomic E-state index is -0.558. The highest BCUT2D eigenvalue weighted by molar-refractivity contribution is 5.22. The summed E-state index contributed by atoms with van der Waals surface area (Å²) in [6.07, 6.45) is 0. The fraction of sp³-hybridized carbons (Fsp3) is 0.231. The Morgan fingerprint density at radius 3 is 2.37 bits per heavy atom. The van der Waals surface area contributed by atoms with Crippen molar-refractivity contribution >= 4 is 5.88 Å². The number of nitrogens with one attached hydrogen (secondary N) is 1. The molecule has 1 aromatic carbocycles. The van der Waals surface area contributed by atoms with Gasteiger partial charge in [0.1, 0.15) is 10.7 Å². The van der Waals surface area contributed by atoms with Gasteiger partial charge in [-0.15, -0.1) is 0 Å². The van der Waals surface area contributed by atoms with Crippen molar-refractivity contribution in [1.29, 1.82) is 0 Å². The summed E-state index contributed by atoms with van der Waals surface area (Å²) in [7, 11) is 0. The van der Waals surface area contributed by atoms with Crippen molar-refractivity contribution in [3.8, 4) is 0 Å². The van der Waals surface area contributed by atoms with E-state index in [1.807, 2.05) is 24.3 Å². The number of nitro groups is 1. The molecule has 1 heterocycles. The van der Waals surface area contributed by atoms with E-state index in [-0.39, 0.29) is 12.5 Å². The van der Waals surface area contributed by atoms with Crippen molar-refractivity contribution in [1.82, 2.24) is 5.32 Å². The minimum Gasteiger partial charge on any atom is -0.404 e. The van der Waals surface area contributed by atoms with E-state index in [0.717, 1.165) is 11.1 Å². The van der Waals surface area contributed by atoms with E-state index in [2.05, 4.69) is 5.32 Å². The predicted molar refractivity (Wildman–Crippen MR) is 68.3 cm³/mol. The van der Waals surface area contributed by atoms with Crippen LogP contribution in [0.25, 0.3) is 0 Å². The Balaban J connectivity index is 1.83. The fourth-order valence-corrected chi connectivity index (χ4v) is 1.65. The Hall–Kier alpha value is -2.18. The Morgan fingerprint density at radius 1 is 1.11 bits per heavy atom. The van der Waals surface area contributed by atoms with E-state index in [0.29, 0.717) is 18.8 Å². The normalized spacial score (nSPS) is 10.6.